The highest BCUT2D eigenvalue weighted by atomic mass is 16.5. The fourth-order valence-corrected chi connectivity index (χ4v) is 7.02. The highest BCUT2D eigenvalue weighted by Crippen LogP contribution is 2.37. The van der Waals surface area contributed by atoms with Crippen molar-refractivity contribution < 1.29 is 24.2 Å². The summed E-state index contributed by atoms with van der Waals surface area (Å²) in [5, 5.41) is 15.7. The number of amides is 2. The van der Waals surface area contributed by atoms with Gasteiger partial charge in [0.25, 0.3) is 5.56 Å². The number of aliphatic carboxylic acids is 1. The van der Waals surface area contributed by atoms with Crippen LogP contribution in [0.1, 0.15) is 46.7 Å². The maximum absolute atomic E-state index is 14.4. The molecule has 6 aromatic rings. The fourth-order valence-electron chi connectivity index (χ4n) is 7.02. The van der Waals surface area contributed by atoms with E-state index in [0.717, 1.165) is 33.9 Å². The summed E-state index contributed by atoms with van der Waals surface area (Å²) in [6.45, 7) is 0.0224. The number of anilines is 1. The zero-order valence-corrected chi connectivity index (χ0v) is 30.7. The summed E-state index contributed by atoms with van der Waals surface area (Å²) in [6.07, 6.45) is 3.96. The first-order valence-corrected chi connectivity index (χ1v) is 18.4. The third-order valence-electron chi connectivity index (χ3n) is 9.70. The smallest absolute Gasteiger partial charge is 0.412 e. The summed E-state index contributed by atoms with van der Waals surface area (Å²) in [7, 11) is 0. The molecule has 5 aromatic carbocycles. The molecule has 0 saturated carbocycles. The van der Waals surface area contributed by atoms with Crippen LogP contribution in [0.2, 0.25) is 0 Å². The van der Waals surface area contributed by atoms with Gasteiger partial charge >= 0.3 is 12.1 Å². The summed E-state index contributed by atoms with van der Waals surface area (Å²) in [5.74, 6) is -2.02. The second-order valence-corrected chi connectivity index (χ2v) is 13.4. The molecule has 1 heterocycles. The first-order chi connectivity index (χ1) is 27.3. The summed E-state index contributed by atoms with van der Waals surface area (Å²) >= 11 is 0. The van der Waals surface area contributed by atoms with Crippen LogP contribution in [0.15, 0.2) is 187 Å². The Morgan fingerprint density at radius 1 is 0.679 bits per heavy atom. The van der Waals surface area contributed by atoms with E-state index < -0.39 is 35.1 Å². The lowest BCUT2D eigenvalue weighted by Crippen LogP contribution is -2.48. The van der Waals surface area contributed by atoms with Crippen molar-refractivity contribution in [2.75, 3.05) is 5.32 Å². The molecule has 6 rings (SSSR count). The Kier molecular flexibility index (Phi) is 13.0. The minimum absolute atomic E-state index is 0.000646. The van der Waals surface area contributed by atoms with Crippen molar-refractivity contribution in [2.24, 2.45) is 5.92 Å². The van der Waals surface area contributed by atoms with Gasteiger partial charge < -0.3 is 19.7 Å². The van der Waals surface area contributed by atoms with Crippen molar-refractivity contribution in [1.82, 2.24) is 9.88 Å². The largest absolute Gasteiger partial charge is 0.478 e. The number of pyridine rings is 1. The van der Waals surface area contributed by atoms with Crippen molar-refractivity contribution in [3.8, 4) is 0 Å². The number of benzene rings is 5. The number of carbonyl (C=O) groups is 3. The first-order valence-electron chi connectivity index (χ1n) is 18.4. The van der Waals surface area contributed by atoms with Crippen molar-refractivity contribution >= 4 is 23.7 Å². The molecule has 1 aromatic heterocycles. The fraction of sp³-hybridized carbons (Fsp3) is 0.149. The highest BCUT2D eigenvalue weighted by molar-refractivity contribution is 5.84. The molecule has 0 aliphatic heterocycles. The number of carboxylic acid groups (broad SMARTS) is 1. The molecule has 0 aliphatic rings. The van der Waals surface area contributed by atoms with Gasteiger partial charge in [0.15, 0.2) is 0 Å². The van der Waals surface area contributed by atoms with E-state index in [1.165, 1.54) is 10.6 Å². The number of hydrogen-bond acceptors (Lipinski definition) is 5. The molecule has 9 nitrogen and oxygen atoms in total. The zero-order valence-electron chi connectivity index (χ0n) is 30.7. The number of ether oxygens (including phenoxy) is 1. The Bertz CT molecular complexity index is 2180. The van der Waals surface area contributed by atoms with Gasteiger partial charge in [-0.05, 0) is 58.7 Å². The summed E-state index contributed by atoms with van der Waals surface area (Å²) < 4.78 is 6.87. The van der Waals surface area contributed by atoms with Crippen LogP contribution in [-0.4, -0.2) is 27.6 Å². The second-order valence-electron chi connectivity index (χ2n) is 13.4. The molecule has 2 unspecified atom stereocenters. The molecule has 0 fully saturated rings. The van der Waals surface area contributed by atoms with Crippen molar-refractivity contribution in [3.63, 3.8) is 0 Å². The third kappa shape index (κ3) is 9.75. The van der Waals surface area contributed by atoms with Gasteiger partial charge in [0.05, 0.1) is 0 Å². The predicted octanol–water partition coefficient (Wildman–Crippen LogP) is 8.53. The Morgan fingerprint density at radius 2 is 1.18 bits per heavy atom. The second kappa shape index (κ2) is 18.9. The summed E-state index contributed by atoms with van der Waals surface area (Å²) in [5.41, 5.74) is 2.76. The molecule has 9 heteroatoms. The number of carbonyl (C=O) groups excluding carboxylic acids is 2. The van der Waals surface area contributed by atoms with Crippen molar-refractivity contribution in [2.45, 2.75) is 37.5 Å². The molecule has 56 heavy (non-hydrogen) atoms. The van der Waals surface area contributed by atoms with Crippen LogP contribution in [0, 0.1) is 5.92 Å². The van der Waals surface area contributed by atoms with E-state index in [4.69, 9.17) is 4.74 Å². The SMILES string of the molecule is O=C(O)/C=C/C(CCC(=O)NC(c1ccccc1)(c1ccccc1)c1ccccc1)C(Cc1ccccc1)n1cccc(NC(=O)OCc2ccccc2)c1=O. The molecule has 0 bridgehead atoms. The lowest BCUT2D eigenvalue weighted by Gasteiger charge is -2.37. The average molecular weight is 746 g/mol. The van der Waals surface area contributed by atoms with Crippen LogP contribution < -0.4 is 16.2 Å². The van der Waals surface area contributed by atoms with Crippen molar-refractivity contribution in [3.05, 3.63) is 220 Å². The molecule has 0 aliphatic carbocycles. The molecule has 0 saturated heterocycles. The standard InChI is InChI=1S/C47H43N3O6/c51-43(49-47(38-21-10-3-11-22-38,39-23-12-4-13-24-39)40-25-14-5-15-26-40)30-28-37(29-31-44(52)53)42(33-35-17-6-1-7-18-35)50-32-16-27-41(45(50)54)48-46(55)56-34-36-19-8-2-9-20-36/h1-27,29,31-32,37,42H,28,30,33-34H2,(H,48,55)(H,49,51)(H,52,53)/b31-29+. The highest BCUT2D eigenvalue weighted by Gasteiger charge is 2.38. The van der Waals surface area contributed by atoms with Gasteiger partial charge in [-0.2, -0.15) is 0 Å². The van der Waals surface area contributed by atoms with Crippen LogP contribution in [-0.2, 0) is 32.9 Å². The Hall–Kier alpha value is -7.00. The molecule has 2 atom stereocenters. The van der Waals surface area contributed by atoms with Crippen LogP contribution in [0.5, 0.6) is 0 Å². The summed E-state index contributed by atoms with van der Waals surface area (Å²) in [6, 6.07) is 50.5. The number of nitrogens with zero attached hydrogens (tertiary/aromatic N) is 1. The lowest BCUT2D eigenvalue weighted by atomic mass is 9.76. The van der Waals surface area contributed by atoms with Gasteiger partial charge in [-0.15, -0.1) is 0 Å². The molecule has 2 amide bonds. The van der Waals surface area contributed by atoms with Crippen LogP contribution in [0.25, 0.3) is 0 Å². The van der Waals surface area contributed by atoms with E-state index >= 15 is 0 Å². The topological polar surface area (TPSA) is 127 Å². The Balaban J connectivity index is 1.32. The normalized spacial score (nSPS) is 12.4. The van der Waals surface area contributed by atoms with E-state index in [1.807, 2.05) is 152 Å². The molecule has 0 spiro atoms. The van der Waals surface area contributed by atoms with Crippen LogP contribution in [0.4, 0.5) is 10.5 Å². The minimum atomic E-state index is -1.15. The maximum Gasteiger partial charge on any atom is 0.412 e. The van der Waals surface area contributed by atoms with Crippen molar-refractivity contribution in [1.29, 1.82) is 0 Å². The van der Waals surface area contributed by atoms with Crippen LogP contribution >= 0.6 is 0 Å². The van der Waals surface area contributed by atoms with Gasteiger partial charge in [-0.1, -0.05) is 158 Å². The number of allylic oxidation sites excluding steroid dienone is 1. The van der Waals surface area contributed by atoms with E-state index in [-0.39, 0.29) is 31.0 Å². The predicted molar refractivity (Wildman–Crippen MR) is 217 cm³/mol. The lowest BCUT2D eigenvalue weighted by molar-refractivity contribution is -0.131. The number of aromatic nitrogens is 1. The van der Waals surface area contributed by atoms with E-state index in [2.05, 4.69) is 10.6 Å². The molecule has 3 N–H and O–H groups in total. The summed E-state index contributed by atoms with van der Waals surface area (Å²) in [4.78, 5) is 53.2. The monoisotopic (exact) mass is 745 g/mol. The zero-order chi connectivity index (χ0) is 39.2. The van der Waals surface area contributed by atoms with Crippen LogP contribution in [0.3, 0.4) is 0 Å². The van der Waals surface area contributed by atoms with Gasteiger partial charge in [0.1, 0.15) is 17.8 Å². The molecule has 0 radical (unpaired) electrons. The van der Waals surface area contributed by atoms with Gasteiger partial charge in [-0.25, -0.2) is 9.59 Å². The number of carboxylic acids is 1. The maximum atomic E-state index is 14.4. The van der Waals surface area contributed by atoms with Gasteiger partial charge in [0.2, 0.25) is 5.91 Å². The number of rotatable bonds is 16. The quantitative estimate of drug-likeness (QED) is 0.0674. The molecular formula is C47H43N3O6. The van der Waals surface area contributed by atoms with Gasteiger partial charge in [0, 0.05) is 24.7 Å². The van der Waals surface area contributed by atoms with E-state index in [9.17, 15) is 24.3 Å². The van der Waals surface area contributed by atoms with E-state index in [0.29, 0.717) is 6.42 Å². The number of nitrogens with one attached hydrogen (secondary N) is 2. The number of hydrogen-bond donors (Lipinski definition) is 3. The average Bonchev–Trinajstić information content (AvgIpc) is 3.24. The Morgan fingerprint density at radius 3 is 1.70 bits per heavy atom. The van der Waals surface area contributed by atoms with E-state index in [1.54, 1.807) is 18.3 Å². The minimum Gasteiger partial charge on any atom is -0.478 e. The third-order valence-corrected chi connectivity index (χ3v) is 9.70. The first kappa shape index (κ1) is 38.7. The Labute approximate surface area is 325 Å². The van der Waals surface area contributed by atoms with Gasteiger partial charge in [-0.3, -0.25) is 14.9 Å². The molecular weight excluding hydrogens is 703 g/mol. The molecule has 282 valence electrons.